The molecule has 2 unspecified atom stereocenters. The summed E-state index contributed by atoms with van der Waals surface area (Å²) >= 11 is 8.39. The maximum atomic E-state index is 13.6. The Hall–Kier alpha value is -3.56. The third kappa shape index (κ3) is 7.07. The molecule has 3 heterocycles. The van der Waals surface area contributed by atoms with Gasteiger partial charge < -0.3 is 25.2 Å². The molecular weight excluding hydrogens is 610 g/mol. The monoisotopic (exact) mass is 639 g/mol. The van der Waals surface area contributed by atoms with Crippen LogP contribution in [0.4, 0.5) is 14.7 Å². The average Bonchev–Trinajstić information content (AvgIpc) is 3.24. The summed E-state index contributed by atoms with van der Waals surface area (Å²) in [7, 11) is 0. The van der Waals surface area contributed by atoms with Gasteiger partial charge in [0, 0.05) is 5.75 Å². The minimum atomic E-state index is -1.34. The van der Waals surface area contributed by atoms with Gasteiger partial charge in [0.15, 0.2) is 5.13 Å². The number of nitrogens with zero attached hydrogens (tertiary/aromatic N) is 2. The Bertz CT molecular complexity index is 1500. The number of anilines is 1. The molecular formula is C26H30ClN5O8S2. The van der Waals surface area contributed by atoms with E-state index in [0.717, 1.165) is 16.2 Å². The zero-order chi connectivity index (χ0) is 31.1. The molecule has 2 aliphatic rings. The number of aliphatic carboxylic acids is 1. The number of rotatable bonds is 6. The number of thioether (sulfide) groups is 1. The highest BCUT2D eigenvalue weighted by atomic mass is 35.5. The van der Waals surface area contributed by atoms with Gasteiger partial charge in [0.25, 0.3) is 5.91 Å². The van der Waals surface area contributed by atoms with E-state index < -0.39 is 58.6 Å². The predicted molar refractivity (Wildman–Crippen MR) is 157 cm³/mol. The van der Waals surface area contributed by atoms with Crippen molar-refractivity contribution in [2.45, 2.75) is 70.2 Å². The van der Waals surface area contributed by atoms with Gasteiger partial charge in [0.1, 0.15) is 34.4 Å². The molecule has 3 atom stereocenters. The number of thiazole rings is 1. The Morgan fingerprint density at radius 1 is 1.10 bits per heavy atom. The number of benzene rings is 1. The fourth-order valence-electron chi connectivity index (χ4n) is 4.11. The highest BCUT2D eigenvalue weighted by molar-refractivity contribution is 8.00. The van der Waals surface area contributed by atoms with Crippen LogP contribution in [0.15, 0.2) is 28.9 Å². The summed E-state index contributed by atoms with van der Waals surface area (Å²) in [6, 6.07) is 2.50. The number of carbonyl (C=O) groups is 5. The fraction of sp³-hybridized carbons (Fsp3) is 0.462. The quantitative estimate of drug-likeness (QED) is 0.336. The van der Waals surface area contributed by atoms with Gasteiger partial charge >= 0.3 is 18.2 Å². The molecule has 4 N–H and O–H groups in total. The Morgan fingerprint density at radius 2 is 1.74 bits per heavy atom. The molecule has 0 spiro atoms. The van der Waals surface area contributed by atoms with Crippen molar-refractivity contribution in [2.75, 3.05) is 11.1 Å². The number of aromatic nitrogens is 1. The maximum Gasteiger partial charge on any atom is 0.413 e. The van der Waals surface area contributed by atoms with Gasteiger partial charge in [-0.15, -0.1) is 11.8 Å². The summed E-state index contributed by atoms with van der Waals surface area (Å²) in [6.45, 7) is 10.2. The van der Waals surface area contributed by atoms with Gasteiger partial charge in [0.05, 0.1) is 15.2 Å². The molecule has 4 amide bonds. The largest absolute Gasteiger partial charge is 0.477 e. The SMILES string of the molecule is CC(C)(C)OC(=O)Nc1nc2ccc(C(NC(=O)OC(C)(C)C)C(=O)NC3C(=O)N4C(C(=O)O)=C(Cl)CS[C@@H]34)cc2s1. The van der Waals surface area contributed by atoms with Crippen molar-refractivity contribution >= 4 is 80.0 Å². The Morgan fingerprint density at radius 3 is 2.36 bits per heavy atom. The molecule has 0 bridgehead atoms. The first-order chi connectivity index (χ1) is 19.4. The molecule has 226 valence electrons. The molecule has 13 nitrogen and oxygen atoms in total. The van der Waals surface area contributed by atoms with E-state index in [9.17, 15) is 29.1 Å². The van der Waals surface area contributed by atoms with Crippen LogP contribution in [0.3, 0.4) is 0 Å². The third-order valence-electron chi connectivity index (χ3n) is 5.70. The molecule has 2 aliphatic heterocycles. The fourth-order valence-corrected chi connectivity index (χ4v) is 6.56. The van der Waals surface area contributed by atoms with Gasteiger partial charge in [-0.3, -0.25) is 19.8 Å². The topological polar surface area (TPSA) is 176 Å². The number of carboxylic acids is 1. The van der Waals surface area contributed by atoms with E-state index in [2.05, 4.69) is 20.9 Å². The smallest absolute Gasteiger partial charge is 0.413 e. The minimum absolute atomic E-state index is 0.0322. The zero-order valence-corrected chi connectivity index (χ0v) is 26.0. The van der Waals surface area contributed by atoms with Crippen molar-refractivity contribution in [3.8, 4) is 0 Å². The van der Waals surface area contributed by atoms with E-state index in [1.54, 1.807) is 59.7 Å². The zero-order valence-electron chi connectivity index (χ0n) is 23.6. The van der Waals surface area contributed by atoms with Crippen LogP contribution < -0.4 is 16.0 Å². The lowest BCUT2D eigenvalue weighted by molar-refractivity contribution is -0.150. The number of carboxylic acid groups (broad SMARTS) is 1. The molecule has 0 aliphatic carbocycles. The first-order valence-corrected chi connectivity index (χ1v) is 14.9. The number of β-lactam (4-membered cyclic amide) rings is 1. The molecule has 1 fully saturated rings. The molecule has 0 radical (unpaired) electrons. The Kier molecular flexibility index (Phi) is 8.67. The summed E-state index contributed by atoms with van der Waals surface area (Å²) < 4.78 is 11.2. The van der Waals surface area contributed by atoms with Crippen LogP contribution in [0.2, 0.25) is 0 Å². The van der Waals surface area contributed by atoms with Gasteiger partial charge in [0.2, 0.25) is 5.91 Å². The molecule has 1 saturated heterocycles. The highest BCUT2D eigenvalue weighted by Crippen LogP contribution is 2.41. The summed E-state index contributed by atoms with van der Waals surface area (Å²) in [5.41, 5.74) is -0.983. The van der Waals surface area contributed by atoms with Crippen molar-refractivity contribution in [1.82, 2.24) is 20.5 Å². The van der Waals surface area contributed by atoms with Crippen molar-refractivity contribution < 1.29 is 38.6 Å². The van der Waals surface area contributed by atoms with E-state index in [-0.39, 0.29) is 21.6 Å². The number of hydrogen-bond acceptors (Lipinski definition) is 10. The molecule has 0 saturated carbocycles. The van der Waals surface area contributed by atoms with Gasteiger partial charge in [-0.1, -0.05) is 29.0 Å². The first-order valence-electron chi connectivity index (χ1n) is 12.7. The Labute approximate surface area is 254 Å². The molecule has 1 aromatic carbocycles. The lowest BCUT2D eigenvalue weighted by Crippen LogP contribution is -2.71. The number of halogens is 1. The predicted octanol–water partition coefficient (Wildman–Crippen LogP) is 4.14. The summed E-state index contributed by atoms with van der Waals surface area (Å²) in [5, 5.41) is 16.9. The van der Waals surface area contributed by atoms with Crippen molar-refractivity contribution in [1.29, 1.82) is 0 Å². The second-order valence-electron chi connectivity index (χ2n) is 11.4. The van der Waals surface area contributed by atoms with Gasteiger partial charge in [-0.05, 0) is 59.2 Å². The summed E-state index contributed by atoms with van der Waals surface area (Å²) in [6.07, 6.45) is -1.54. The van der Waals surface area contributed by atoms with E-state index >= 15 is 0 Å². The van der Waals surface area contributed by atoms with Crippen LogP contribution in [-0.4, -0.2) is 73.3 Å². The van der Waals surface area contributed by atoms with Gasteiger partial charge in [-0.25, -0.2) is 19.4 Å². The number of hydrogen-bond donors (Lipinski definition) is 4. The number of carbonyl (C=O) groups excluding carboxylic acids is 4. The standard InChI is InChI=1S/C26H30ClN5O8S2/c1-25(2,3)39-23(37)30-15(18(33)29-16-19(34)32-17(21(35)36)12(27)10-41-20(16)32)11-7-8-13-14(9-11)42-22(28-13)31-24(38)40-26(4,5)6/h7-9,15-16,20H,10H2,1-6H3,(H,29,33)(H,30,37)(H,35,36)(H,28,31,38)/t15?,16?,20-/m0/s1. The van der Waals surface area contributed by atoms with E-state index in [1.165, 1.54) is 11.8 Å². The van der Waals surface area contributed by atoms with Crippen molar-refractivity contribution in [3.63, 3.8) is 0 Å². The Balaban J connectivity index is 1.58. The van der Waals surface area contributed by atoms with Crippen molar-refractivity contribution in [3.05, 3.63) is 34.5 Å². The normalized spacial score (nSPS) is 19.4. The van der Waals surface area contributed by atoms with E-state index in [0.29, 0.717) is 15.8 Å². The second-order valence-corrected chi connectivity index (χ2v) is 14.0. The lowest BCUT2D eigenvalue weighted by Gasteiger charge is -2.49. The molecule has 42 heavy (non-hydrogen) atoms. The van der Waals surface area contributed by atoms with E-state index in [1.807, 2.05) is 0 Å². The van der Waals surface area contributed by atoms with Crippen molar-refractivity contribution in [2.24, 2.45) is 0 Å². The summed E-state index contributed by atoms with van der Waals surface area (Å²) in [5.74, 6) is -2.53. The van der Waals surface area contributed by atoms with Crippen LogP contribution >= 0.6 is 34.7 Å². The molecule has 4 rings (SSSR count). The molecule has 2 aromatic rings. The molecule has 16 heteroatoms. The number of nitrogens with one attached hydrogen (secondary N) is 3. The minimum Gasteiger partial charge on any atom is -0.477 e. The number of amides is 4. The third-order valence-corrected chi connectivity index (χ3v) is 8.38. The van der Waals surface area contributed by atoms with Crippen LogP contribution in [-0.2, 0) is 23.9 Å². The number of fused-ring (bicyclic) bond motifs is 2. The highest BCUT2D eigenvalue weighted by Gasteiger charge is 2.54. The van der Waals surface area contributed by atoms with Crippen LogP contribution in [0.25, 0.3) is 10.2 Å². The second kappa shape index (κ2) is 11.6. The maximum absolute atomic E-state index is 13.6. The molecule has 1 aromatic heterocycles. The van der Waals surface area contributed by atoms with E-state index in [4.69, 9.17) is 21.1 Å². The van der Waals surface area contributed by atoms with Gasteiger partial charge in [-0.2, -0.15) is 0 Å². The van der Waals surface area contributed by atoms with Crippen LogP contribution in [0, 0.1) is 0 Å². The first kappa shape index (κ1) is 31.4. The number of ether oxygens (including phenoxy) is 2. The van der Waals surface area contributed by atoms with Crippen LogP contribution in [0.1, 0.15) is 53.1 Å². The van der Waals surface area contributed by atoms with Crippen LogP contribution in [0.5, 0.6) is 0 Å². The summed E-state index contributed by atoms with van der Waals surface area (Å²) in [4.78, 5) is 68.4. The number of alkyl carbamates (subject to hydrolysis) is 1. The average molecular weight is 640 g/mol. The lowest BCUT2D eigenvalue weighted by atomic mass is 10.0.